The molecule has 6 aliphatic rings. The Labute approximate surface area is 181 Å². The van der Waals surface area contributed by atoms with Gasteiger partial charge in [0, 0.05) is 0 Å². The van der Waals surface area contributed by atoms with Crippen molar-refractivity contribution in [3.63, 3.8) is 0 Å². The summed E-state index contributed by atoms with van der Waals surface area (Å²) in [5.74, 6) is 13.0. The molecule has 0 bridgehead atoms. The summed E-state index contributed by atoms with van der Waals surface area (Å²) >= 11 is 0. The fourth-order valence-electron chi connectivity index (χ4n) is 11.6. The van der Waals surface area contributed by atoms with Gasteiger partial charge in [-0.2, -0.15) is 0 Å². The number of hydrogen-bond acceptors (Lipinski definition) is 0. The Morgan fingerprint density at radius 3 is 0.862 bits per heavy atom. The van der Waals surface area contributed by atoms with Crippen LogP contribution in [-0.2, 0) is 0 Å². The second-order valence-corrected chi connectivity index (χ2v) is 13.8. The summed E-state index contributed by atoms with van der Waals surface area (Å²) in [7, 11) is 0. The second-order valence-electron chi connectivity index (χ2n) is 13.8. The van der Waals surface area contributed by atoms with Gasteiger partial charge in [0.2, 0.25) is 0 Å². The first-order valence-corrected chi connectivity index (χ1v) is 14.0. The van der Waals surface area contributed by atoms with Gasteiger partial charge >= 0.3 is 0 Å². The fraction of sp³-hybridized carbons (Fsp3) is 1.00. The van der Waals surface area contributed by atoms with Crippen LogP contribution >= 0.6 is 0 Å². The molecule has 6 fully saturated rings. The van der Waals surface area contributed by atoms with E-state index >= 15 is 0 Å². The van der Waals surface area contributed by atoms with E-state index < -0.39 is 0 Å². The van der Waals surface area contributed by atoms with Crippen molar-refractivity contribution in [2.24, 2.45) is 76.4 Å². The molecule has 6 rings (SSSR count). The number of fused-ring (bicyclic) bond motifs is 10. The SMILES string of the molecule is CC1CCC2C3CCC(C)CC3C3(C2C1)C1CC(C)CCC1C1CCC(C)CC13. The molecule has 0 aromatic heterocycles. The molecule has 0 aromatic rings. The molecule has 1 spiro atoms. The zero-order valence-corrected chi connectivity index (χ0v) is 19.9. The molecule has 0 amide bonds. The lowest BCUT2D eigenvalue weighted by molar-refractivity contribution is -0.0559. The quantitative estimate of drug-likeness (QED) is 0.387. The molecule has 12 unspecified atom stereocenters. The van der Waals surface area contributed by atoms with Crippen LogP contribution in [0.2, 0.25) is 0 Å². The van der Waals surface area contributed by atoms with Crippen molar-refractivity contribution in [1.29, 1.82) is 0 Å². The van der Waals surface area contributed by atoms with E-state index in [0.717, 1.165) is 76.4 Å². The van der Waals surface area contributed by atoms with E-state index in [9.17, 15) is 0 Å². The lowest BCUT2D eigenvalue weighted by atomic mass is 9.51. The normalized spacial score (nSPS) is 61.7. The summed E-state index contributed by atoms with van der Waals surface area (Å²) in [6.07, 6.45) is 19.0. The Morgan fingerprint density at radius 2 is 0.621 bits per heavy atom. The van der Waals surface area contributed by atoms with Gasteiger partial charge in [0.25, 0.3) is 0 Å². The van der Waals surface area contributed by atoms with Crippen LogP contribution in [0.1, 0.15) is 105 Å². The zero-order valence-electron chi connectivity index (χ0n) is 19.9. The van der Waals surface area contributed by atoms with Crippen LogP contribution in [0.15, 0.2) is 0 Å². The highest BCUT2D eigenvalue weighted by atomic mass is 14.8. The van der Waals surface area contributed by atoms with Gasteiger partial charge in [-0.15, -0.1) is 0 Å². The van der Waals surface area contributed by atoms with Crippen molar-refractivity contribution in [3.8, 4) is 0 Å². The molecule has 164 valence electrons. The molecular weight excluding hydrogens is 348 g/mol. The summed E-state index contributed by atoms with van der Waals surface area (Å²) in [4.78, 5) is 0. The molecule has 0 heteroatoms. The molecule has 0 saturated heterocycles. The Balaban J connectivity index is 1.50. The van der Waals surface area contributed by atoms with E-state index in [1.54, 1.807) is 77.0 Å². The van der Waals surface area contributed by atoms with E-state index in [2.05, 4.69) is 27.7 Å². The van der Waals surface area contributed by atoms with Crippen molar-refractivity contribution < 1.29 is 0 Å². The molecule has 0 N–H and O–H groups in total. The third-order valence-electron chi connectivity index (χ3n) is 12.3. The predicted octanol–water partition coefficient (Wildman–Crippen LogP) is 8.21. The maximum absolute atomic E-state index is 2.62. The van der Waals surface area contributed by atoms with Crippen molar-refractivity contribution in [2.45, 2.75) is 105 Å². The van der Waals surface area contributed by atoms with Gasteiger partial charge in [-0.3, -0.25) is 0 Å². The Bertz CT molecular complexity index is 510. The average Bonchev–Trinajstić information content (AvgIpc) is 3.13. The Morgan fingerprint density at radius 1 is 0.379 bits per heavy atom. The van der Waals surface area contributed by atoms with Gasteiger partial charge < -0.3 is 0 Å². The number of rotatable bonds is 0. The molecule has 12 atom stereocenters. The lowest BCUT2D eigenvalue weighted by Crippen LogP contribution is -2.48. The van der Waals surface area contributed by atoms with Crippen LogP contribution in [0.3, 0.4) is 0 Å². The van der Waals surface area contributed by atoms with Gasteiger partial charge in [0.05, 0.1) is 0 Å². The van der Waals surface area contributed by atoms with E-state index in [1.165, 1.54) is 0 Å². The van der Waals surface area contributed by atoms with E-state index in [-0.39, 0.29) is 0 Å². The van der Waals surface area contributed by atoms with E-state index in [4.69, 9.17) is 0 Å². The van der Waals surface area contributed by atoms with Gasteiger partial charge in [-0.1, -0.05) is 53.4 Å². The minimum Gasteiger partial charge on any atom is -0.0625 e. The van der Waals surface area contributed by atoms with Crippen molar-refractivity contribution in [1.82, 2.24) is 0 Å². The minimum atomic E-state index is 0.775. The first-order chi connectivity index (χ1) is 14.0. The highest BCUT2D eigenvalue weighted by molar-refractivity contribution is 5.20. The molecule has 0 heterocycles. The molecule has 29 heavy (non-hydrogen) atoms. The first-order valence-electron chi connectivity index (χ1n) is 14.0. The zero-order chi connectivity index (χ0) is 19.9. The van der Waals surface area contributed by atoms with Crippen LogP contribution in [0.5, 0.6) is 0 Å². The monoisotopic (exact) mass is 396 g/mol. The standard InChI is InChI=1S/C29H48/c1-17-5-9-21-22-10-6-18(2)14-26(22)29(25(21)13-17)27-15-19(3)7-11-23(27)24-12-8-20(4)16-28(24)29/h17-28H,5-16H2,1-4H3. The fourth-order valence-corrected chi connectivity index (χ4v) is 11.6. The Hall–Kier alpha value is 0. The molecule has 0 aliphatic heterocycles. The van der Waals surface area contributed by atoms with Crippen LogP contribution in [0, 0.1) is 76.4 Å². The smallest absolute Gasteiger partial charge is 0.0173 e. The average molecular weight is 397 g/mol. The molecule has 0 radical (unpaired) electrons. The third kappa shape index (κ3) is 2.68. The van der Waals surface area contributed by atoms with Gasteiger partial charge in [-0.05, 0) is 128 Å². The van der Waals surface area contributed by atoms with Crippen LogP contribution < -0.4 is 0 Å². The Kier molecular flexibility index (Phi) is 4.75. The second kappa shape index (κ2) is 7.00. The van der Waals surface area contributed by atoms with E-state index in [0.29, 0.717) is 0 Å². The molecular formula is C29H48. The summed E-state index contributed by atoms with van der Waals surface area (Å²) in [6, 6.07) is 0. The topological polar surface area (TPSA) is 0 Å². The van der Waals surface area contributed by atoms with Crippen LogP contribution in [-0.4, -0.2) is 0 Å². The minimum absolute atomic E-state index is 0.775. The molecule has 6 saturated carbocycles. The summed E-state index contributed by atoms with van der Waals surface area (Å²) in [6.45, 7) is 10.5. The van der Waals surface area contributed by atoms with Gasteiger partial charge in [-0.25, -0.2) is 0 Å². The maximum Gasteiger partial charge on any atom is -0.0173 e. The van der Waals surface area contributed by atoms with Crippen molar-refractivity contribution in [2.75, 3.05) is 0 Å². The summed E-state index contributed by atoms with van der Waals surface area (Å²) < 4.78 is 0. The van der Waals surface area contributed by atoms with Crippen molar-refractivity contribution in [3.05, 3.63) is 0 Å². The number of hydrogen-bond donors (Lipinski definition) is 0. The maximum atomic E-state index is 2.62. The highest BCUT2D eigenvalue weighted by Gasteiger charge is 2.72. The van der Waals surface area contributed by atoms with Crippen molar-refractivity contribution >= 4 is 0 Å². The molecule has 0 aromatic carbocycles. The largest absolute Gasteiger partial charge is 0.0625 e. The molecule has 0 nitrogen and oxygen atoms in total. The first kappa shape index (κ1) is 19.7. The van der Waals surface area contributed by atoms with Crippen LogP contribution in [0.4, 0.5) is 0 Å². The van der Waals surface area contributed by atoms with Gasteiger partial charge in [0.15, 0.2) is 0 Å². The van der Waals surface area contributed by atoms with E-state index in [1.807, 2.05) is 0 Å². The third-order valence-corrected chi connectivity index (χ3v) is 12.3. The summed E-state index contributed by atoms with van der Waals surface area (Å²) in [5, 5.41) is 0. The van der Waals surface area contributed by atoms with Gasteiger partial charge in [0.1, 0.15) is 0 Å². The van der Waals surface area contributed by atoms with Crippen LogP contribution in [0.25, 0.3) is 0 Å². The summed E-state index contributed by atoms with van der Waals surface area (Å²) in [5.41, 5.74) is 0.775. The predicted molar refractivity (Wildman–Crippen MR) is 122 cm³/mol. The molecule has 6 aliphatic carbocycles. The highest BCUT2D eigenvalue weighted by Crippen LogP contribution is 2.78. The lowest BCUT2D eigenvalue weighted by Gasteiger charge is -2.53.